The molecule has 4 nitrogen and oxygen atoms in total. The molecule has 1 heterocycles. The van der Waals surface area contributed by atoms with Gasteiger partial charge in [-0.2, -0.15) is 0 Å². The SMILES string of the molecule is CCCC(CC)[C@@H](C)NC(=O)c1ccc(COc2cccc(F)c2)nc1.[HH]. The number of ether oxygens (including phenoxy) is 1. The van der Waals surface area contributed by atoms with Crippen LogP contribution in [0.1, 0.15) is 57.5 Å². The summed E-state index contributed by atoms with van der Waals surface area (Å²) >= 11 is 0. The zero-order valence-corrected chi connectivity index (χ0v) is 15.7. The Morgan fingerprint density at radius 1 is 1.31 bits per heavy atom. The molecule has 2 aromatic rings. The van der Waals surface area contributed by atoms with E-state index in [1.165, 1.54) is 12.1 Å². The third-order valence-electron chi connectivity index (χ3n) is 4.52. The van der Waals surface area contributed by atoms with E-state index in [0.29, 0.717) is 22.9 Å². The number of halogens is 1. The molecule has 1 N–H and O–H groups in total. The number of hydrogen-bond acceptors (Lipinski definition) is 3. The Balaban J connectivity index is 0.00000364. The van der Waals surface area contributed by atoms with Crippen molar-refractivity contribution in [3.05, 3.63) is 59.7 Å². The van der Waals surface area contributed by atoms with Gasteiger partial charge in [0, 0.05) is 19.7 Å². The second-order valence-electron chi connectivity index (χ2n) is 6.50. The van der Waals surface area contributed by atoms with Crippen LogP contribution in [0.25, 0.3) is 0 Å². The summed E-state index contributed by atoms with van der Waals surface area (Å²) in [6, 6.07) is 9.58. The lowest BCUT2D eigenvalue weighted by molar-refractivity contribution is 0.0923. The summed E-state index contributed by atoms with van der Waals surface area (Å²) in [5.74, 6) is 0.474. The molecule has 1 aromatic carbocycles. The van der Waals surface area contributed by atoms with Crippen molar-refractivity contribution in [3.63, 3.8) is 0 Å². The molecule has 0 radical (unpaired) electrons. The summed E-state index contributed by atoms with van der Waals surface area (Å²) in [6.45, 7) is 6.58. The third kappa shape index (κ3) is 5.83. The Kier molecular flexibility index (Phi) is 7.57. The van der Waals surface area contributed by atoms with Crippen molar-refractivity contribution in [3.8, 4) is 5.75 Å². The van der Waals surface area contributed by atoms with Gasteiger partial charge < -0.3 is 10.1 Å². The minimum Gasteiger partial charge on any atom is -0.487 e. The van der Waals surface area contributed by atoms with Crippen LogP contribution in [0, 0.1) is 11.7 Å². The van der Waals surface area contributed by atoms with Gasteiger partial charge >= 0.3 is 0 Å². The van der Waals surface area contributed by atoms with Gasteiger partial charge in [0.2, 0.25) is 0 Å². The maximum atomic E-state index is 13.1. The smallest absolute Gasteiger partial charge is 0.253 e. The van der Waals surface area contributed by atoms with E-state index in [0.717, 1.165) is 19.3 Å². The van der Waals surface area contributed by atoms with Crippen LogP contribution >= 0.6 is 0 Å². The molecule has 0 saturated heterocycles. The highest BCUT2D eigenvalue weighted by Crippen LogP contribution is 2.16. The predicted molar refractivity (Wildman–Crippen MR) is 103 cm³/mol. The minimum atomic E-state index is -0.343. The molecule has 0 saturated carbocycles. The predicted octanol–water partition coefficient (Wildman–Crippen LogP) is 4.99. The standard InChI is InChI=1S/C21H27FN2O2.H2/c1-4-7-16(5-2)15(3)24-21(25)17-10-11-19(23-13-17)14-26-20-9-6-8-18(22)12-20;/h6,8-13,15-16H,4-5,7,14H2,1-3H3,(H,24,25);1H/t15-,16?;/m1./s1. The van der Waals surface area contributed by atoms with Gasteiger partial charge in [0.05, 0.1) is 11.3 Å². The molecule has 142 valence electrons. The average molecular weight is 360 g/mol. The fraction of sp³-hybridized carbons (Fsp3) is 0.429. The summed E-state index contributed by atoms with van der Waals surface area (Å²) in [5, 5.41) is 3.06. The summed E-state index contributed by atoms with van der Waals surface area (Å²) in [4.78, 5) is 16.7. The van der Waals surface area contributed by atoms with E-state index in [-0.39, 0.29) is 25.8 Å². The van der Waals surface area contributed by atoms with Crippen molar-refractivity contribution in [1.29, 1.82) is 0 Å². The molecule has 1 amide bonds. The van der Waals surface area contributed by atoms with E-state index >= 15 is 0 Å². The number of hydrogen-bond donors (Lipinski definition) is 1. The van der Waals surface area contributed by atoms with Crippen LogP contribution in [0.2, 0.25) is 0 Å². The summed E-state index contributed by atoms with van der Waals surface area (Å²) in [5.41, 5.74) is 1.20. The zero-order chi connectivity index (χ0) is 18.9. The number of carbonyl (C=O) groups excluding carboxylic acids is 1. The fourth-order valence-corrected chi connectivity index (χ4v) is 2.94. The number of rotatable bonds is 9. The van der Waals surface area contributed by atoms with Crippen molar-refractivity contribution >= 4 is 5.91 Å². The van der Waals surface area contributed by atoms with Crippen molar-refractivity contribution in [2.75, 3.05) is 0 Å². The highest BCUT2D eigenvalue weighted by Gasteiger charge is 2.17. The van der Waals surface area contributed by atoms with Crippen molar-refractivity contribution in [2.24, 2.45) is 5.92 Å². The molecule has 2 atom stereocenters. The Bertz CT molecular complexity index is 710. The van der Waals surface area contributed by atoms with Gasteiger partial charge in [0.25, 0.3) is 5.91 Å². The first-order valence-corrected chi connectivity index (χ1v) is 9.17. The number of aromatic nitrogens is 1. The molecular formula is C21H29FN2O2. The Hall–Kier alpha value is -2.43. The summed E-state index contributed by atoms with van der Waals surface area (Å²) < 4.78 is 18.6. The monoisotopic (exact) mass is 360 g/mol. The molecule has 0 bridgehead atoms. The maximum Gasteiger partial charge on any atom is 0.253 e. The average Bonchev–Trinajstić information content (AvgIpc) is 2.64. The summed E-state index contributed by atoms with van der Waals surface area (Å²) in [7, 11) is 0. The molecule has 1 aromatic heterocycles. The van der Waals surface area contributed by atoms with Gasteiger partial charge in [-0.05, 0) is 43.5 Å². The first kappa shape index (κ1) is 19.9. The van der Waals surface area contributed by atoms with E-state index in [2.05, 4.69) is 31.1 Å². The van der Waals surface area contributed by atoms with E-state index in [1.54, 1.807) is 30.5 Å². The van der Waals surface area contributed by atoms with Crippen molar-refractivity contribution in [2.45, 2.75) is 52.7 Å². The molecule has 2 rings (SSSR count). The Morgan fingerprint density at radius 3 is 2.73 bits per heavy atom. The molecular weight excluding hydrogens is 331 g/mol. The van der Waals surface area contributed by atoms with Gasteiger partial charge in [-0.3, -0.25) is 9.78 Å². The molecule has 26 heavy (non-hydrogen) atoms. The number of nitrogens with zero attached hydrogens (tertiary/aromatic N) is 1. The number of nitrogens with one attached hydrogen (secondary N) is 1. The normalized spacial score (nSPS) is 13.1. The Morgan fingerprint density at radius 2 is 2.12 bits per heavy atom. The molecule has 0 fully saturated rings. The lowest BCUT2D eigenvalue weighted by Crippen LogP contribution is -2.38. The molecule has 0 aliphatic rings. The van der Waals surface area contributed by atoms with Gasteiger partial charge in [0.1, 0.15) is 18.2 Å². The van der Waals surface area contributed by atoms with Crippen LogP contribution in [0.3, 0.4) is 0 Å². The molecule has 1 unspecified atom stereocenters. The first-order valence-electron chi connectivity index (χ1n) is 9.17. The molecule has 5 heteroatoms. The van der Waals surface area contributed by atoms with E-state index in [4.69, 9.17) is 4.74 Å². The van der Waals surface area contributed by atoms with E-state index in [1.807, 2.05) is 0 Å². The molecule has 0 aliphatic carbocycles. The fourth-order valence-electron chi connectivity index (χ4n) is 2.94. The van der Waals surface area contributed by atoms with Gasteiger partial charge in [0.15, 0.2) is 0 Å². The minimum absolute atomic E-state index is 0. The second kappa shape index (κ2) is 9.90. The van der Waals surface area contributed by atoms with E-state index in [9.17, 15) is 9.18 Å². The lowest BCUT2D eigenvalue weighted by atomic mass is 9.93. The molecule has 0 aliphatic heterocycles. The largest absolute Gasteiger partial charge is 0.487 e. The topological polar surface area (TPSA) is 51.2 Å². The maximum absolute atomic E-state index is 13.1. The molecule has 0 spiro atoms. The van der Waals surface area contributed by atoms with Crippen LogP contribution in [-0.2, 0) is 6.61 Å². The van der Waals surface area contributed by atoms with Crippen LogP contribution in [0.4, 0.5) is 4.39 Å². The van der Waals surface area contributed by atoms with Crippen molar-refractivity contribution in [1.82, 2.24) is 10.3 Å². The summed E-state index contributed by atoms with van der Waals surface area (Å²) in [6.07, 6.45) is 4.81. The third-order valence-corrected chi connectivity index (χ3v) is 4.52. The Labute approximate surface area is 156 Å². The zero-order valence-electron chi connectivity index (χ0n) is 15.7. The van der Waals surface area contributed by atoms with Crippen LogP contribution in [-0.4, -0.2) is 16.9 Å². The highest BCUT2D eigenvalue weighted by atomic mass is 19.1. The lowest BCUT2D eigenvalue weighted by Gasteiger charge is -2.23. The van der Waals surface area contributed by atoms with Gasteiger partial charge in [-0.1, -0.05) is 32.8 Å². The van der Waals surface area contributed by atoms with Gasteiger partial charge in [-0.15, -0.1) is 0 Å². The van der Waals surface area contributed by atoms with Crippen LogP contribution in [0.15, 0.2) is 42.6 Å². The van der Waals surface area contributed by atoms with Crippen LogP contribution in [0.5, 0.6) is 5.75 Å². The highest BCUT2D eigenvalue weighted by molar-refractivity contribution is 5.94. The first-order chi connectivity index (χ1) is 12.5. The number of amides is 1. The number of carbonyl (C=O) groups is 1. The quantitative estimate of drug-likeness (QED) is 0.685. The second-order valence-corrected chi connectivity index (χ2v) is 6.50. The van der Waals surface area contributed by atoms with Gasteiger partial charge in [-0.25, -0.2) is 4.39 Å². The number of pyridine rings is 1. The van der Waals surface area contributed by atoms with Crippen LogP contribution < -0.4 is 10.1 Å². The number of benzene rings is 1. The van der Waals surface area contributed by atoms with E-state index < -0.39 is 0 Å². The van der Waals surface area contributed by atoms with Crippen molar-refractivity contribution < 1.29 is 15.3 Å².